The Bertz CT molecular complexity index is 538. The van der Waals surface area contributed by atoms with Crippen LogP contribution in [0, 0.1) is 12.8 Å². The fourth-order valence-corrected chi connectivity index (χ4v) is 2.86. The van der Waals surface area contributed by atoms with E-state index in [1.807, 2.05) is 24.0 Å². The lowest BCUT2D eigenvalue weighted by Gasteiger charge is -2.33. The number of carbonyl (C=O) groups excluding carboxylic acids is 1. The SMILES string of the molecule is CN=C(NCCCn1cc(C)cn1)N1CCC(C(=O)OC)CC1.I. The molecule has 1 fully saturated rings. The number of likely N-dealkylation sites (tertiary alicyclic amines) is 1. The topological polar surface area (TPSA) is 71.8 Å². The van der Waals surface area contributed by atoms with E-state index in [0.29, 0.717) is 0 Å². The van der Waals surface area contributed by atoms with Gasteiger partial charge in [-0.1, -0.05) is 0 Å². The molecule has 136 valence electrons. The summed E-state index contributed by atoms with van der Waals surface area (Å²) in [4.78, 5) is 18.1. The number of methoxy groups -OCH3 is 1. The molecule has 2 heterocycles. The first-order chi connectivity index (χ1) is 11.1. The molecular weight excluding hydrogens is 421 g/mol. The van der Waals surface area contributed by atoms with Crippen molar-refractivity contribution in [2.75, 3.05) is 33.8 Å². The molecule has 1 N–H and O–H groups in total. The normalized spacial score (nSPS) is 15.8. The Labute approximate surface area is 160 Å². The van der Waals surface area contributed by atoms with E-state index in [4.69, 9.17) is 4.74 Å². The van der Waals surface area contributed by atoms with Crippen LogP contribution in [0.4, 0.5) is 0 Å². The maximum Gasteiger partial charge on any atom is 0.308 e. The number of ether oxygens (including phenoxy) is 1. The largest absolute Gasteiger partial charge is 0.469 e. The minimum absolute atomic E-state index is 0. The molecule has 1 saturated heterocycles. The lowest BCUT2D eigenvalue weighted by molar-refractivity contribution is -0.146. The third-order valence-corrected chi connectivity index (χ3v) is 4.15. The number of halogens is 1. The van der Waals surface area contributed by atoms with Crippen LogP contribution in [-0.2, 0) is 16.1 Å². The molecule has 1 aliphatic rings. The minimum atomic E-state index is -0.0953. The van der Waals surface area contributed by atoms with Crippen molar-refractivity contribution in [2.45, 2.75) is 32.7 Å². The number of piperidine rings is 1. The first kappa shape index (κ1) is 20.7. The van der Waals surface area contributed by atoms with Gasteiger partial charge in [-0.25, -0.2) is 0 Å². The Balaban J connectivity index is 0.00000288. The number of rotatable bonds is 5. The lowest BCUT2D eigenvalue weighted by atomic mass is 9.97. The number of hydrogen-bond donors (Lipinski definition) is 1. The third kappa shape index (κ3) is 5.95. The Hall–Kier alpha value is -1.32. The third-order valence-electron chi connectivity index (χ3n) is 4.15. The fraction of sp³-hybridized carbons (Fsp3) is 0.688. The number of carbonyl (C=O) groups is 1. The van der Waals surface area contributed by atoms with Gasteiger partial charge >= 0.3 is 5.97 Å². The van der Waals surface area contributed by atoms with Crippen LogP contribution in [0.5, 0.6) is 0 Å². The summed E-state index contributed by atoms with van der Waals surface area (Å²) < 4.78 is 6.78. The number of esters is 1. The molecule has 24 heavy (non-hydrogen) atoms. The van der Waals surface area contributed by atoms with Gasteiger partial charge in [-0.05, 0) is 31.7 Å². The Morgan fingerprint density at radius 1 is 1.46 bits per heavy atom. The molecule has 8 heteroatoms. The summed E-state index contributed by atoms with van der Waals surface area (Å²) in [5.74, 6) is 0.837. The van der Waals surface area contributed by atoms with Crippen LogP contribution in [0.15, 0.2) is 17.4 Å². The van der Waals surface area contributed by atoms with E-state index in [1.54, 1.807) is 7.05 Å². The second-order valence-corrected chi connectivity index (χ2v) is 5.89. The molecule has 0 spiro atoms. The van der Waals surface area contributed by atoms with E-state index in [0.717, 1.165) is 51.4 Å². The Morgan fingerprint density at radius 3 is 2.71 bits per heavy atom. The first-order valence-corrected chi connectivity index (χ1v) is 8.16. The molecule has 1 aromatic rings. The van der Waals surface area contributed by atoms with E-state index < -0.39 is 0 Å². The number of nitrogens with one attached hydrogen (secondary N) is 1. The van der Waals surface area contributed by atoms with Crippen molar-refractivity contribution in [1.29, 1.82) is 0 Å². The molecule has 0 aromatic carbocycles. The van der Waals surface area contributed by atoms with Gasteiger partial charge in [-0.2, -0.15) is 5.10 Å². The van der Waals surface area contributed by atoms with Gasteiger partial charge < -0.3 is 15.0 Å². The predicted molar refractivity (Wildman–Crippen MR) is 105 cm³/mol. The van der Waals surface area contributed by atoms with Gasteiger partial charge in [0.1, 0.15) is 0 Å². The van der Waals surface area contributed by atoms with E-state index in [2.05, 4.69) is 20.3 Å². The highest BCUT2D eigenvalue weighted by Crippen LogP contribution is 2.18. The standard InChI is InChI=1S/C16H27N5O2.HI/c1-13-11-19-21(12-13)8-4-7-18-16(17-2)20-9-5-14(6-10-20)15(22)23-3;/h11-12,14H,4-10H2,1-3H3,(H,17,18);1H. The second-order valence-electron chi connectivity index (χ2n) is 5.89. The quantitative estimate of drug-likeness (QED) is 0.244. The van der Waals surface area contributed by atoms with Gasteiger partial charge in [-0.15, -0.1) is 24.0 Å². The van der Waals surface area contributed by atoms with Crippen molar-refractivity contribution in [2.24, 2.45) is 10.9 Å². The molecule has 2 rings (SSSR count). The zero-order valence-corrected chi connectivity index (χ0v) is 17.0. The van der Waals surface area contributed by atoms with Crippen molar-refractivity contribution < 1.29 is 9.53 Å². The maximum atomic E-state index is 11.6. The van der Waals surface area contributed by atoms with Crippen LogP contribution in [0.3, 0.4) is 0 Å². The van der Waals surface area contributed by atoms with Crippen LogP contribution < -0.4 is 5.32 Å². The number of aryl methyl sites for hydroxylation is 2. The van der Waals surface area contributed by atoms with Crippen LogP contribution in [-0.4, -0.2) is 60.4 Å². The molecule has 0 unspecified atom stereocenters. The average Bonchev–Trinajstić information content (AvgIpc) is 3.00. The van der Waals surface area contributed by atoms with E-state index >= 15 is 0 Å². The summed E-state index contributed by atoms with van der Waals surface area (Å²) >= 11 is 0. The van der Waals surface area contributed by atoms with Crippen LogP contribution in [0.25, 0.3) is 0 Å². The van der Waals surface area contributed by atoms with Crippen molar-refractivity contribution in [3.63, 3.8) is 0 Å². The first-order valence-electron chi connectivity index (χ1n) is 8.16. The summed E-state index contributed by atoms with van der Waals surface area (Å²) in [6.07, 6.45) is 6.54. The van der Waals surface area contributed by atoms with Gasteiger partial charge in [-0.3, -0.25) is 14.5 Å². The highest BCUT2D eigenvalue weighted by Gasteiger charge is 2.26. The Kier molecular flexibility index (Phi) is 9.09. The molecule has 1 aromatic heterocycles. The average molecular weight is 449 g/mol. The number of guanidine groups is 1. The smallest absolute Gasteiger partial charge is 0.308 e. The molecule has 0 amide bonds. The van der Waals surface area contributed by atoms with Gasteiger partial charge in [0.25, 0.3) is 0 Å². The molecule has 0 bridgehead atoms. The summed E-state index contributed by atoms with van der Waals surface area (Å²) in [6.45, 7) is 5.45. The number of aromatic nitrogens is 2. The van der Waals surface area contributed by atoms with Crippen molar-refractivity contribution in [3.8, 4) is 0 Å². The maximum absolute atomic E-state index is 11.6. The molecule has 0 saturated carbocycles. The van der Waals surface area contributed by atoms with Crippen LogP contribution >= 0.6 is 24.0 Å². The number of hydrogen-bond acceptors (Lipinski definition) is 4. The van der Waals surface area contributed by atoms with Crippen molar-refractivity contribution in [3.05, 3.63) is 18.0 Å². The summed E-state index contributed by atoms with van der Waals surface area (Å²) in [5.41, 5.74) is 1.18. The van der Waals surface area contributed by atoms with Gasteiger partial charge in [0.15, 0.2) is 5.96 Å². The monoisotopic (exact) mass is 449 g/mol. The van der Waals surface area contributed by atoms with Gasteiger partial charge in [0, 0.05) is 39.4 Å². The highest BCUT2D eigenvalue weighted by atomic mass is 127. The zero-order chi connectivity index (χ0) is 16.7. The zero-order valence-electron chi connectivity index (χ0n) is 14.7. The fourth-order valence-electron chi connectivity index (χ4n) is 2.86. The van der Waals surface area contributed by atoms with E-state index in [1.165, 1.54) is 12.7 Å². The van der Waals surface area contributed by atoms with E-state index in [9.17, 15) is 4.79 Å². The summed E-state index contributed by atoms with van der Waals surface area (Å²) in [5, 5.41) is 7.67. The summed E-state index contributed by atoms with van der Waals surface area (Å²) in [7, 11) is 3.25. The highest BCUT2D eigenvalue weighted by molar-refractivity contribution is 14.0. The second kappa shape index (κ2) is 10.5. The molecule has 0 radical (unpaired) electrons. The van der Waals surface area contributed by atoms with Gasteiger partial charge in [0.05, 0.1) is 19.2 Å². The molecule has 0 atom stereocenters. The molecular formula is C16H28IN5O2. The van der Waals surface area contributed by atoms with E-state index in [-0.39, 0.29) is 35.9 Å². The predicted octanol–water partition coefficient (Wildman–Crippen LogP) is 1.66. The van der Waals surface area contributed by atoms with Crippen molar-refractivity contribution >= 4 is 35.9 Å². The minimum Gasteiger partial charge on any atom is -0.469 e. The van der Waals surface area contributed by atoms with Crippen LogP contribution in [0.2, 0.25) is 0 Å². The van der Waals surface area contributed by atoms with Crippen molar-refractivity contribution in [1.82, 2.24) is 20.0 Å². The van der Waals surface area contributed by atoms with Gasteiger partial charge in [0.2, 0.25) is 0 Å². The molecule has 1 aliphatic heterocycles. The Morgan fingerprint density at radius 2 is 2.17 bits per heavy atom. The molecule has 0 aliphatic carbocycles. The molecule has 7 nitrogen and oxygen atoms in total. The number of nitrogens with zero attached hydrogens (tertiary/aromatic N) is 4. The van der Waals surface area contributed by atoms with Crippen LogP contribution in [0.1, 0.15) is 24.8 Å². The summed E-state index contributed by atoms with van der Waals surface area (Å²) in [6, 6.07) is 0. The number of aliphatic imine (C=N–C) groups is 1. The lowest BCUT2D eigenvalue weighted by Crippen LogP contribution is -2.47.